The van der Waals surface area contributed by atoms with E-state index in [1.165, 1.54) is 18.2 Å². The van der Waals surface area contributed by atoms with Crippen molar-refractivity contribution in [3.63, 3.8) is 0 Å². The van der Waals surface area contributed by atoms with Gasteiger partial charge in [0.1, 0.15) is 11.5 Å². The summed E-state index contributed by atoms with van der Waals surface area (Å²) in [4.78, 5) is 10.2. The second-order valence-electron chi connectivity index (χ2n) is 4.06. The quantitative estimate of drug-likeness (QED) is 0.667. The number of nitro groups is 1. The Kier molecular flexibility index (Phi) is 4.70. The fraction of sp³-hybridized carbons (Fsp3) is 0.143. The van der Waals surface area contributed by atoms with Crippen LogP contribution < -0.4 is 4.74 Å². The normalized spacial score (nSPS) is 10.3. The van der Waals surface area contributed by atoms with E-state index in [0.29, 0.717) is 22.4 Å². The highest BCUT2D eigenvalue weighted by molar-refractivity contribution is 9.10. The average molecular weight is 338 g/mol. The van der Waals surface area contributed by atoms with Crippen LogP contribution in [0.15, 0.2) is 46.9 Å². The van der Waals surface area contributed by atoms with Gasteiger partial charge >= 0.3 is 0 Å². The molecular formula is C14H12BrNO4. The standard InChI is InChI=1S/C14H12BrNO4/c15-12-9-11(16(18)19)5-6-14(12)20-13-4-2-1-3-10(13)7-8-17/h1-6,9,17H,7-8H2. The molecule has 0 aliphatic rings. The van der Waals surface area contributed by atoms with Crippen molar-refractivity contribution >= 4 is 21.6 Å². The molecule has 2 rings (SSSR count). The molecule has 0 aromatic heterocycles. The maximum absolute atomic E-state index is 10.7. The maximum Gasteiger partial charge on any atom is 0.270 e. The zero-order valence-electron chi connectivity index (χ0n) is 10.5. The third-order valence-electron chi connectivity index (χ3n) is 2.70. The number of aliphatic hydroxyl groups is 1. The molecule has 0 heterocycles. The van der Waals surface area contributed by atoms with E-state index in [1.54, 1.807) is 6.07 Å². The Labute approximate surface area is 124 Å². The zero-order valence-corrected chi connectivity index (χ0v) is 12.0. The van der Waals surface area contributed by atoms with Crippen LogP contribution in [-0.4, -0.2) is 16.6 Å². The summed E-state index contributed by atoms with van der Waals surface area (Å²) in [5.74, 6) is 1.11. The fourth-order valence-electron chi connectivity index (χ4n) is 1.73. The number of nitro benzene ring substituents is 1. The van der Waals surface area contributed by atoms with Gasteiger partial charge in [-0.2, -0.15) is 0 Å². The van der Waals surface area contributed by atoms with E-state index in [2.05, 4.69) is 15.9 Å². The van der Waals surface area contributed by atoms with Crippen LogP contribution in [0.3, 0.4) is 0 Å². The van der Waals surface area contributed by atoms with Crippen LogP contribution in [0.4, 0.5) is 5.69 Å². The first kappa shape index (κ1) is 14.5. The van der Waals surface area contributed by atoms with Gasteiger partial charge < -0.3 is 9.84 Å². The molecule has 0 aliphatic carbocycles. The van der Waals surface area contributed by atoms with Gasteiger partial charge in [0.2, 0.25) is 0 Å². The highest BCUT2D eigenvalue weighted by Gasteiger charge is 2.11. The average Bonchev–Trinajstić information content (AvgIpc) is 2.43. The van der Waals surface area contributed by atoms with Crippen LogP contribution in [0.1, 0.15) is 5.56 Å². The summed E-state index contributed by atoms with van der Waals surface area (Å²) in [5, 5.41) is 19.7. The minimum absolute atomic E-state index is 0.00660. The lowest BCUT2D eigenvalue weighted by atomic mass is 10.1. The predicted octanol–water partition coefficient (Wildman–Crippen LogP) is 3.68. The van der Waals surface area contributed by atoms with Gasteiger partial charge in [-0.1, -0.05) is 18.2 Å². The number of non-ortho nitro benzene ring substituents is 1. The lowest BCUT2D eigenvalue weighted by molar-refractivity contribution is -0.384. The molecule has 104 valence electrons. The van der Waals surface area contributed by atoms with E-state index >= 15 is 0 Å². The number of ether oxygens (including phenoxy) is 1. The van der Waals surface area contributed by atoms with Crippen LogP contribution in [0.25, 0.3) is 0 Å². The summed E-state index contributed by atoms with van der Waals surface area (Å²) in [5.41, 5.74) is 0.869. The molecule has 0 bridgehead atoms. The summed E-state index contributed by atoms with van der Waals surface area (Å²) in [7, 11) is 0. The lowest BCUT2D eigenvalue weighted by Gasteiger charge is -2.11. The van der Waals surface area contributed by atoms with Crippen LogP contribution in [-0.2, 0) is 6.42 Å². The molecule has 0 amide bonds. The molecule has 2 aromatic carbocycles. The Morgan fingerprint density at radius 3 is 2.60 bits per heavy atom. The van der Waals surface area contributed by atoms with Gasteiger partial charge in [0.05, 0.1) is 9.40 Å². The highest BCUT2D eigenvalue weighted by Crippen LogP contribution is 2.34. The van der Waals surface area contributed by atoms with Gasteiger partial charge in [-0.25, -0.2) is 0 Å². The molecule has 0 aliphatic heterocycles. The fourth-order valence-corrected chi connectivity index (χ4v) is 2.18. The minimum Gasteiger partial charge on any atom is -0.456 e. The number of halogens is 1. The lowest BCUT2D eigenvalue weighted by Crippen LogP contribution is -1.96. The first-order chi connectivity index (χ1) is 9.61. The van der Waals surface area contributed by atoms with Crippen molar-refractivity contribution in [3.05, 3.63) is 62.6 Å². The number of nitrogens with zero attached hydrogens (tertiary/aromatic N) is 1. The van der Waals surface area contributed by atoms with Crippen LogP contribution in [0.2, 0.25) is 0 Å². The molecule has 0 saturated heterocycles. The van der Waals surface area contributed by atoms with Gasteiger partial charge in [-0.15, -0.1) is 0 Å². The third kappa shape index (κ3) is 3.34. The Morgan fingerprint density at radius 1 is 1.20 bits per heavy atom. The van der Waals surface area contributed by atoms with E-state index in [1.807, 2.05) is 18.2 Å². The van der Waals surface area contributed by atoms with E-state index in [9.17, 15) is 10.1 Å². The summed E-state index contributed by atoms with van der Waals surface area (Å²) < 4.78 is 6.25. The highest BCUT2D eigenvalue weighted by atomic mass is 79.9. The molecule has 0 saturated carbocycles. The van der Waals surface area contributed by atoms with Crippen LogP contribution >= 0.6 is 15.9 Å². The van der Waals surface area contributed by atoms with Crippen molar-refractivity contribution in [1.82, 2.24) is 0 Å². The van der Waals surface area contributed by atoms with E-state index in [4.69, 9.17) is 9.84 Å². The molecule has 0 radical (unpaired) electrons. The van der Waals surface area contributed by atoms with E-state index < -0.39 is 4.92 Å². The smallest absolute Gasteiger partial charge is 0.270 e. The third-order valence-corrected chi connectivity index (χ3v) is 3.32. The second kappa shape index (κ2) is 6.49. The van der Waals surface area contributed by atoms with Gasteiger partial charge in [0.15, 0.2) is 0 Å². The van der Waals surface area contributed by atoms with Crippen molar-refractivity contribution in [2.75, 3.05) is 6.61 Å². The van der Waals surface area contributed by atoms with Crippen LogP contribution in [0, 0.1) is 10.1 Å². The predicted molar refractivity (Wildman–Crippen MR) is 78.1 cm³/mol. The van der Waals surface area contributed by atoms with Gasteiger partial charge in [0, 0.05) is 18.7 Å². The molecule has 6 heteroatoms. The maximum atomic E-state index is 10.7. The van der Waals surface area contributed by atoms with Crippen molar-refractivity contribution in [1.29, 1.82) is 0 Å². The summed E-state index contributed by atoms with van der Waals surface area (Å²) in [6, 6.07) is 11.7. The first-order valence-corrected chi connectivity index (χ1v) is 6.71. The number of hydrogen-bond donors (Lipinski definition) is 1. The van der Waals surface area contributed by atoms with Crippen molar-refractivity contribution in [3.8, 4) is 11.5 Å². The Hall–Kier alpha value is -1.92. The molecule has 0 unspecified atom stereocenters. The minimum atomic E-state index is -0.464. The monoisotopic (exact) mass is 337 g/mol. The Balaban J connectivity index is 2.28. The molecular weight excluding hydrogens is 326 g/mol. The zero-order chi connectivity index (χ0) is 14.5. The topological polar surface area (TPSA) is 72.6 Å². The molecule has 1 N–H and O–H groups in total. The van der Waals surface area contributed by atoms with Gasteiger partial charge in [-0.3, -0.25) is 10.1 Å². The molecule has 0 spiro atoms. The summed E-state index contributed by atoms with van der Waals surface area (Å²) in [6.45, 7) is 0.0296. The molecule has 2 aromatic rings. The number of para-hydroxylation sites is 1. The Morgan fingerprint density at radius 2 is 1.95 bits per heavy atom. The second-order valence-corrected chi connectivity index (χ2v) is 4.91. The SMILES string of the molecule is O=[N+]([O-])c1ccc(Oc2ccccc2CCO)c(Br)c1. The molecule has 0 atom stereocenters. The number of benzene rings is 2. The molecule has 5 nitrogen and oxygen atoms in total. The number of rotatable bonds is 5. The van der Waals surface area contributed by atoms with E-state index in [-0.39, 0.29) is 12.3 Å². The molecule has 20 heavy (non-hydrogen) atoms. The summed E-state index contributed by atoms with van der Waals surface area (Å²) in [6.07, 6.45) is 0.487. The van der Waals surface area contributed by atoms with Crippen molar-refractivity contribution in [2.24, 2.45) is 0 Å². The van der Waals surface area contributed by atoms with Crippen LogP contribution in [0.5, 0.6) is 11.5 Å². The number of hydrogen-bond acceptors (Lipinski definition) is 4. The number of aliphatic hydroxyl groups excluding tert-OH is 1. The largest absolute Gasteiger partial charge is 0.456 e. The Bertz CT molecular complexity index is 630. The van der Waals surface area contributed by atoms with Gasteiger partial charge in [-0.05, 0) is 40.0 Å². The van der Waals surface area contributed by atoms with Gasteiger partial charge in [0.25, 0.3) is 5.69 Å². The van der Waals surface area contributed by atoms with Crippen molar-refractivity contribution < 1.29 is 14.8 Å². The molecule has 0 fully saturated rings. The van der Waals surface area contributed by atoms with E-state index in [0.717, 1.165) is 5.56 Å². The van der Waals surface area contributed by atoms with Crippen molar-refractivity contribution in [2.45, 2.75) is 6.42 Å². The first-order valence-electron chi connectivity index (χ1n) is 5.92. The summed E-state index contributed by atoms with van der Waals surface area (Å²) >= 11 is 3.26.